The molecule has 3 rings (SSSR count). The van der Waals surface area contributed by atoms with Gasteiger partial charge in [0.15, 0.2) is 5.76 Å². The molecular formula is C19H22N2O5. The van der Waals surface area contributed by atoms with Crippen LogP contribution in [0.1, 0.15) is 27.3 Å². The van der Waals surface area contributed by atoms with Gasteiger partial charge in [-0.15, -0.1) is 0 Å². The molecule has 1 saturated heterocycles. The number of hydrogen-bond donors (Lipinski definition) is 0. The molecule has 7 heteroatoms. The molecule has 0 saturated carbocycles. The molecule has 1 aliphatic heterocycles. The highest BCUT2D eigenvalue weighted by molar-refractivity contribution is 5.95. The fourth-order valence-electron chi connectivity index (χ4n) is 2.99. The molecule has 2 heterocycles. The molecule has 1 aromatic carbocycles. The van der Waals surface area contributed by atoms with Gasteiger partial charge < -0.3 is 23.7 Å². The van der Waals surface area contributed by atoms with Crippen molar-refractivity contribution < 1.29 is 23.5 Å². The molecule has 2 amide bonds. The van der Waals surface area contributed by atoms with Gasteiger partial charge in [-0.3, -0.25) is 9.59 Å². The third kappa shape index (κ3) is 3.82. The number of carbonyl (C=O) groups excluding carboxylic acids is 2. The number of rotatable bonds is 4. The van der Waals surface area contributed by atoms with Crippen LogP contribution in [0.3, 0.4) is 0 Å². The van der Waals surface area contributed by atoms with Crippen LogP contribution in [0.15, 0.2) is 41.0 Å². The van der Waals surface area contributed by atoms with Crippen LogP contribution in [-0.4, -0.2) is 62.0 Å². The minimum atomic E-state index is -0.146. The van der Waals surface area contributed by atoms with Gasteiger partial charge in [0, 0.05) is 37.8 Å². The quantitative estimate of drug-likeness (QED) is 0.838. The lowest BCUT2D eigenvalue weighted by Gasteiger charge is -2.22. The second kappa shape index (κ2) is 7.95. The summed E-state index contributed by atoms with van der Waals surface area (Å²) in [6, 6.07) is 8.46. The second-order valence-corrected chi connectivity index (χ2v) is 6.02. The van der Waals surface area contributed by atoms with Crippen LogP contribution in [0.5, 0.6) is 11.5 Å². The molecule has 1 fully saturated rings. The van der Waals surface area contributed by atoms with Gasteiger partial charge in [-0.25, -0.2) is 0 Å². The first-order chi connectivity index (χ1) is 12.6. The number of carbonyl (C=O) groups is 2. The lowest BCUT2D eigenvalue weighted by Crippen LogP contribution is -2.37. The van der Waals surface area contributed by atoms with E-state index in [4.69, 9.17) is 13.9 Å². The number of ether oxygens (including phenoxy) is 2. The van der Waals surface area contributed by atoms with E-state index in [1.165, 1.54) is 6.26 Å². The Labute approximate surface area is 152 Å². The Morgan fingerprint density at radius 3 is 2.08 bits per heavy atom. The maximum atomic E-state index is 12.9. The molecule has 7 nitrogen and oxygen atoms in total. The predicted molar refractivity (Wildman–Crippen MR) is 94.7 cm³/mol. The van der Waals surface area contributed by atoms with Gasteiger partial charge in [0.2, 0.25) is 0 Å². The summed E-state index contributed by atoms with van der Waals surface area (Å²) in [4.78, 5) is 28.8. The highest BCUT2D eigenvalue weighted by Gasteiger charge is 2.25. The zero-order valence-corrected chi connectivity index (χ0v) is 14.9. The van der Waals surface area contributed by atoms with Crippen molar-refractivity contribution in [3.05, 3.63) is 47.9 Å². The van der Waals surface area contributed by atoms with Crippen LogP contribution >= 0.6 is 0 Å². The standard InChI is InChI=1S/C19H22N2O5/c1-24-15-11-14(12-16(13-15)25-2)18(22)20-6-4-7-21(9-8-20)19(23)17-5-3-10-26-17/h3,5,10-13H,4,6-9H2,1-2H3. The Morgan fingerprint density at radius 1 is 0.923 bits per heavy atom. The van der Waals surface area contributed by atoms with Gasteiger partial charge in [-0.1, -0.05) is 0 Å². The molecule has 1 aromatic heterocycles. The fraction of sp³-hybridized carbons (Fsp3) is 0.368. The maximum absolute atomic E-state index is 12.9. The number of hydrogen-bond acceptors (Lipinski definition) is 5. The minimum absolute atomic E-state index is 0.102. The van der Waals surface area contributed by atoms with Crippen molar-refractivity contribution in [3.8, 4) is 11.5 Å². The number of amides is 2. The largest absolute Gasteiger partial charge is 0.497 e. The Bertz CT molecular complexity index is 750. The smallest absolute Gasteiger partial charge is 0.289 e. The zero-order valence-electron chi connectivity index (χ0n) is 14.9. The Morgan fingerprint density at radius 2 is 1.54 bits per heavy atom. The molecule has 2 aromatic rings. The van der Waals surface area contributed by atoms with Crippen LogP contribution in [-0.2, 0) is 0 Å². The predicted octanol–water partition coefficient (Wildman–Crippen LogP) is 2.29. The highest BCUT2D eigenvalue weighted by atomic mass is 16.5. The zero-order chi connectivity index (χ0) is 18.5. The van der Waals surface area contributed by atoms with E-state index in [2.05, 4.69) is 0 Å². The van der Waals surface area contributed by atoms with E-state index in [1.807, 2.05) is 0 Å². The van der Waals surface area contributed by atoms with Crippen molar-refractivity contribution in [1.82, 2.24) is 9.80 Å². The summed E-state index contributed by atoms with van der Waals surface area (Å²) in [5, 5.41) is 0. The van der Waals surface area contributed by atoms with Gasteiger partial charge >= 0.3 is 0 Å². The SMILES string of the molecule is COc1cc(OC)cc(C(=O)N2CCCN(C(=O)c3ccco3)CC2)c1. The Balaban J connectivity index is 1.71. The lowest BCUT2D eigenvalue weighted by molar-refractivity contribution is 0.0700. The molecule has 138 valence electrons. The molecule has 0 atom stereocenters. The average molecular weight is 358 g/mol. The number of nitrogens with zero attached hydrogens (tertiary/aromatic N) is 2. The molecule has 0 aliphatic carbocycles. The van der Waals surface area contributed by atoms with E-state index >= 15 is 0 Å². The van der Waals surface area contributed by atoms with Crippen LogP contribution in [0.25, 0.3) is 0 Å². The van der Waals surface area contributed by atoms with Crippen LogP contribution in [0.4, 0.5) is 0 Å². The van der Waals surface area contributed by atoms with Crippen LogP contribution in [0, 0.1) is 0 Å². The summed E-state index contributed by atoms with van der Waals surface area (Å²) in [6.07, 6.45) is 2.19. The van der Waals surface area contributed by atoms with Gasteiger partial charge in [-0.2, -0.15) is 0 Å². The topological polar surface area (TPSA) is 72.2 Å². The number of benzene rings is 1. The maximum Gasteiger partial charge on any atom is 0.289 e. The van der Waals surface area contributed by atoms with Crippen molar-refractivity contribution in [2.75, 3.05) is 40.4 Å². The van der Waals surface area contributed by atoms with Crippen molar-refractivity contribution in [3.63, 3.8) is 0 Å². The van der Waals surface area contributed by atoms with Crippen LogP contribution < -0.4 is 9.47 Å². The van der Waals surface area contributed by atoms with E-state index in [0.29, 0.717) is 55.4 Å². The van der Waals surface area contributed by atoms with E-state index in [9.17, 15) is 9.59 Å². The van der Waals surface area contributed by atoms with Gasteiger partial charge in [0.25, 0.3) is 11.8 Å². The van der Waals surface area contributed by atoms with E-state index in [0.717, 1.165) is 0 Å². The van der Waals surface area contributed by atoms with E-state index < -0.39 is 0 Å². The summed E-state index contributed by atoms with van der Waals surface area (Å²) in [5.74, 6) is 1.21. The molecule has 0 radical (unpaired) electrons. The summed E-state index contributed by atoms with van der Waals surface area (Å²) in [7, 11) is 3.10. The third-order valence-corrected chi connectivity index (χ3v) is 4.40. The summed E-state index contributed by atoms with van der Waals surface area (Å²) >= 11 is 0. The normalized spacial score (nSPS) is 14.7. The Hall–Kier alpha value is -2.96. The summed E-state index contributed by atoms with van der Waals surface area (Å²) in [6.45, 7) is 2.10. The minimum Gasteiger partial charge on any atom is -0.497 e. The number of furan rings is 1. The summed E-state index contributed by atoms with van der Waals surface area (Å²) < 4.78 is 15.7. The van der Waals surface area contributed by atoms with Crippen molar-refractivity contribution in [2.45, 2.75) is 6.42 Å². The van der Waals surface area contributed by atoms with Crippen molar-refractivity contribution >= 4 is 11.8 Å². The second-order valence-electron chi connectivity index (χ2n) is 6.02. The van der Waals surface area contributed by atoms with Gasteiger partial charge in [0.05, 0.1) is 20.5 Å². The monoisotopic (exact) mass is 358 g/mol. The Kier molecular flexibility index (Phi) is 5.46. The molecule has 0 bridgehead atoms. The molecule has 0 unspecified atom stereocenters. The highest BCUT2D eigenvalue weighted by Crippen LogP contribution is 2.24. The van der Waals surface area contributed by atoms with Crippen molar-refractivity contribution in [1.29, 1.82) is 0 Å². The van der Waals surface area contributed by atoms with Gasteiger partial charge in [-0.05, 0) is 30.7 Å². The first kappa shape index (κ1) is 17.8. The van der Waals surface area contributed by atoms with Crippen molar-refractivity contribution in [2.24, 2.45) is 0 Å². The molecule has 0 N–H and O–H groups in total. The molecule has 26 heavy (non-hydrogen) atoms. The van der Waals surface area contributed by atoms with E-state index in [-0.39, 0.29) is 11.8 Å². The number of methoxy groups -OCH3 is 2. The molecular weight excluding hydrogens is 336 g/mol. The lowest BCUT2D eigenvalue weighted by atomic mass is 10.1. The summed E-state index contributed by atoms with van der Waals surface area (Å²) in [5.41, 5.74) is 0.506. The fourth-order valence-corrected chi connectivity index (χ4v) is 2.99. The van der Waals surface area contributed by atoms with E-state index in [1.54, 1.807) is 54.4 Å². The van der Waals surface area contributed by atoms with Crippen LogP contribution in [0.2, 0.25) is 0 Å². The van der Waals surface area contributed by atoms with Gasteiger partial charge in [0.1, 0.15) is 11.5 Å². The first-order valence-corrected chi connectivity index (χ1v) is 8.47. The molecule has 0 spiro atoms. The molecule has 1 aliphatic rings. The first-order valence-electron chi connectivity index (χ1n) is 8.47. The average Bonchev–Trinajstić information content (AvgIpc) is 3.11. The third-order valence-electron chi connectivity index (χ3n) is 4.40.